The van der Waals surface area contributed by atoms with Crippen molar-refractivity contribution in [3.05, 3.63) is 34.9 Å². The lowest BCUT2D eigenvalue weighted by Gasteiger charge is -2.10. The highest BCUT2D eigenvalue weighted by Gasteiger charge is 2.49. The summed E-state index contributed by atoms with van der Waals surface area (Å²) in [6.45, 7) is 3.06. The Hall–Kier alpha value is -0.530. The van der Waals surface area contributed by atoms with E-state index >= 15 is 0 Å². The predicted molar refractivity (Wildman–Crippen MR) is 56.0 cm³/mol. The van der Waals surface area contributed by atoms with Gasteiger partial charge < -0.3 is 5.73 Å². The summed E-state index contributed by atoms with van der Waals surface area (Å²) in [4.78, 5) is 0. The Labute approximate surface area is 83.9 Å². The highest BCUT2D eigenvalue weighted by Crippen LogP contribution is 2.53. The minimum atomic E-state index is 0.319. The monoisotopic (exact) mass is 195 g/mol. The van der Waals surface area contributed by atoms with Crippen molar-refractivity contribution < 1.29 is 0 Å². The van der Waals surface area contributed by atoms with Crippen molar-refractivity contribution in [3.63, 3.8) is 0 Å². The lowest BCUT2D eigenvalue weighted by atomic mass is 9.96. The topological polar surface area (TPSA) is 26.0 Å². The van der Waals surface area contributed by atoms with E-state index in [1.165, 1.54) is 12.0 Å². The van der Waals surface area contributed by atoms with Gasteiger partial charge in [0.05, 0.1) is 0 Å². The Morgan fingerprint density at radius 3 is 2.54 bits per heavy atom. The first-order chi connectivity index (χ1) is 6.16. The minimum absolute atomic E-state index is 0.319. The molecule has 0 aliphatic heterocycles. The molecule has 0 radical (unpaired) electrons. The van der Waals surface area contributed by atoms with Crippen molar-refractivity contribution in [1.29, 1.82) is 0 Å². The first-order valence-corrected chi connectivity index (χ1v) is 5.01. The molecule has 0 saturated heterocycles. The van der Waals surface area contributed by atoms with E-state index in [4.69, 9.17) is 17.3 Å². The van der Waals surface area contributed by atoms with Gasteiger partial charge in [-0.15, -0.1) is 0 Å². The molecule has 2 N–H and O–H groups in total. The molecule has 2 heteroatoms. The van der Waals surface area contributed by atoms with Crippen LogP contribution >= 0.6 is 11.6 Å². The van der Waals surface area contributed by atoms with Crippen LogP contribution in [0, 0.1) is 5.92 Å². The highest BCUT2D eigenvalue weighted by atomic mass is 35.5. The Bertz CT molecular complexity index is 306. The second-order valence-electron chi connectivity index (χ2n) is 4.06. The first kappa shape index (κ1) is 9.04. The summed E-state index contributed by atoms with van der Waals surface area (Å²) >= 11 is 5.83. The Kier molecular flexibility index (Phi) is 2.09. The lowest BCUT2D eigenvalue weighted by molar-refractivity contribution is 0.666. The fourth-order valence-corrected chi connectivity index (χ4v) is 2.11. The second-order valence-corrected chi connectivity index (χ2v) is 4.50. The fourth-order valence-electron chi connectivity index (χ4n) is 1.98. The normalized spacial score (nSPS) is 31.8. The molecule has 1 nitrogen and oxygen atoms in total. The summed E-state index contributed by atoms with van der Waals surface area (Å²) in [6.07, 6.45) is 1.21. The molecule has 1 aliphatic carbocycles. The predicted octanol–water partition coefficient (Wildman–Crippen LogP) is 2.58. The summed E-state index contributed by atoms with van der Waals surface area (Å²) in [5.41, 5.74) is 7.34. The Balaban J connectivity index is 2.23. The van der Waals surface area contributed by atoms with E-state index in [-0.39, 0.29) is 0 Å². The molecule has 1 aromatic rings. The van der Waals surface area contributed by atoms with Gasteiger partial charge in [0.1, 0.15) is 0 Å². The number of benzene rings is 1. The number of hydrogen-bond acceptors (Lipinski definition) is 1. The van der Waals surface area contributed by atoms with Crippen molar-refractivity contribution in [2.75, 3.05) is 6.54 Å². The third-order valence-electron chi connectivity index (χ3n) is 3.20. The van der Waals surface area contributed by atoms with Crippen LogP contribution in [-0.2, 0) is 5.41 Å². The maximum absolute atomic E-state index is 5.83. The maximum atomic E-state index is 5.83. The van der Waals surface area contributed by atoms with Crippen LogP contribution < -0.4 is 5.73 Å². The van der Waals surface area contributed by atoms with Crippen LogP contribution in [0.25, 0.3) is 0 Å². The van der Waals surface area contributed by atoms with Crippen LogP contribution in [0.15, 0.2) is 24.3 Å². The van der Waals surface area contributed by atoms with Gasteiger partial charge in [-0.3, -0.25) is 0 Å². The van der Waals surface area contributed by atoms with Crippen LogP contribution in [0.5, 0.6) is 0 Å². The number of halogens is 1. The summed E-state index contributed by atoms with van der Waals surface area (Å²) in [7, 11) is 0. The van der Waals surface area contributed by atoms with Gasteiger partial charge in [-0.1, -0.05) is 30.7 Å². The van der Waals surface area contributed by atoms with E-state index in [2.05, 4.69) is 19.1 Å². The molecular formula is C11H14ClN. The van der Waals surface area contributed by atoms with Crippen molar-refractivity contribution in [3.8, 4) is 0 Å². The molecule has 1 aliphatic rings. The SMILES string of the molecule is CC1(c2ccc(Cl)cc2)CC1CN. The van der Waals surface area contributed by atoms with E-state index in [0.717, 1.165) is 11.6 Å². The van der Waals surface area contributed by atoms with E-state index in [1.54, 1.807) is 0 Å². The zero-order valence-electron chi connectivity index (χ0n) is 7.76. The van der Waals surface area contributed by atoms with Crippen LogP contribution in [0.4, 0.5) is 0 Å². The molecule has 0 amide bonds. The second kappa shape index (κ2) is 3.00. The van der Waals surface area contributed by atoms with Crippen LogP contribution in [-0.4, -0.2) is 6.54 Å². The molecule has 1 fully saturated rings. The Morgan fingerprint density at radius 1 is 1.46 bits per heavy atom. The molecule has 0 aromatic heterocycles. The number of rotatable bonds is 2. The van der Waals surface area contributed by atoms with Gasteiger partial charge in [0.2, 0.25) is 0 Å². The molecule has 0 bridgehead atoms. The van der Waals surface area contributed by atoms with Gasteiger partial charge >= 0.3 is 0 Å². The average Bonchev–Trinajstić information content (AvgIpc) is 2.80. The van der Waals surface area contributed by atoms with Gasteiger partial charge in [0.25, 0.3) is 0 Å². The third-order valence-corrected chi connectivity index (χ3v) is 3.45. The summed E-state index contributed by atoms with van der Waals surface area (Å²) < 4.78 is 0. The van der Waals surface area contributed by atoms with Crippen LogP contribution in [0.2, 0.25) is 5.02 Å². The van der Waals surface area contributed by atoms with Gasteiger partial charge in [-0.05, 0) is 42.0 Å². The smallest absolute Gasteiger partial charge is 0.0406 e. The molecule has 1 saturated carbocycles. The van der Waals surface area contributed by atoms with Crippen molar-refractivity contribution in [2.24, 2.45) is 11.7 Å². The van der Waals surface area contributed by atoms with Gasteiger partial charge in [-0.2, -0.15) is 0 Å². The van der Waals surface area contributed by atoms with Crippen molar-refractivity contribution in [1.82, 2.24) is 0 Å². The average molecular weight is 196 g/mol. The molecule has 2 atom stereocenters. The van der Waals surface area contributed by atoms with E-state index in [0.29, 0.717) is 11.3 Å². The summed E-state index contributed by atoms with van der Waals surface area (Å²) in [5.74, 6) is 0.661. The molecule has 2 unspecified atom stereocenters. The molecule has 1 aromatic carbocycles. The quantitative estimate of drug-likeness (QED) is 0.772. The zero-order valence-corrected chi connectivity index (χ0v) is 8.51. The molecule has 2 rings (SSSR count). The molecule has 0 spiro atoms. The number of hydrogen-bond donors (Lipinski definition) is 1. The summed E-state index contributed by atoms with van der Waals surface area (Å²) in [6, 6.07) is 8.12. The van der Waals surface area contributed by atoms with Crippen LogP contribution in [0.3, 0.4) is 0 Å². The van der Waals surface area contributed by atoms with Crippen molar-refractivity contribution >= 4 is 11.6 Å². The van der Waals surface area contributed by atoms with E-state index in [9.17, 15) is 0 Å². The minimum Gasteiger partial charge on any atom is -0.330 e. The molecule has 13 heavy (non-hydrogen) atoms. The lowest BCUT2D eigenvalue weighted by Crippen LogP contribution is -2.11. The first-order valence-electron chi connectivity index (χ1n) is 4.63. The Morgan fingerprint density at radius 2 is 2.08 bits per heavy atom. The number of nitrogens with two attached hydrogens (primary N) is 1. The molecule has 0 heterocycles. The zero-order chi connectivity index (χ0) is 9.47. The molecule has 70 valence electrons. The van der Waals surface area contributed by atoms with E-state index in [1.807, 2.05) is 12.1 Å². The maximum Gasteiger partial charge on any atom is 0.0406 e. The molecular weight excluding hydrogens is 182 g/mol. The fraction of sp³-hybridized carbons (Fsp3) is 0.455. The van der Waals surface area contributed by atoms with Gasteiger partial charge in [0.15, 0.2) is 0 Å². The van der Waals surface area contributed by atoms with E-state index < -0.39 is 0 Å². The van der Waals surface area contributed by atoms with Gasteiger partial charge in [-0.25, -0.2) is 0 Å². The van der Waals surface area contributed by atoms with Crippen molar-refractivity contribution in [2.45, 2.75) is 18.8 Å². The largest absolute Gasteiger partial charge is 0.330 e. The summed E-state index contributed by atoms with van der Waals surface area (Å²) in [5, 5.41) is 0.803. The van der Waals surface area contributed by atoms with Gasteiger partial charge in [0, 0.05) is 5.02 Å². The van der Waals surface area contributed by atoms with Crippen LogP contribution in [0.1, 0.15) is 18.9 Å². The highest BCUT2D eigenvalue weighted by molar-refractivity contribution is 6.30. The standard InChI is InChI=1S/C11H14ClN/c1-11(6-9(11)7-13)8-2-4-10(12)5-3-8/h2-5,9H,6-7,13H2,1H3. The third kappa shape index (κ3) is 1.47.